The van der Waals surface area contributed by atoms with E-state index in [0.29, 0.717) is 32.8 Å². The molecule has 0 radical (unpaired) electrons. The molecule has 3 atom stereocenters. The van der Waals surface area contributed by atoms with Crippen molar-refractivity contribution in [2.24, 2.45) is 0 Å². The number of aliphatic hydroxyl groups excluding tert-OH is 2. The molecular weight excluding hydrogens is 695 g/mol. The molecule has 0 spiro atoms. The number of methoxy groups -OCH3 is 1. The highest BCUT2D eigenvalue weighted by atomic mass is 127. The van der Waals surface area contributed by atoms with Gasteiger partial charge in [0.2, 0.25) is 5.91 Å². The number of amides is 2. The molecule has 1 aliphatic carbocycles. The smallest absolute Gasteiger partial charge is 0.349 e. The lowest BCUT2D eigenvalue weighted by molar-refractivity contribution is -0.118. The summed E-state index contributed by atoms with van der Waals surface area (Å²) < 4.78 is 17.7. The summed E-state index contributed by atoms with van der Waals surface area (Å²) in [6.07, 6.45) is 2.99. The molecule has 2 amide bonds. The van der Waals surface area contributed by atoms with Crippen LogP contribution in [0.5, 0.6) is 11.5 Å². The number of nitrogens with one attached hydrogen (secondary N) is 1. The Labute approximate surface area is 274 Å². The largest absolute Gasteiger partial charge is 0.493 e. The number of fused-ring (bicyclic) bond motifs is 1. The Hall–Kier alpha value is -3.75. The van der Waals surface area contributed by atoms with Crippen LogP contribution in [0.4, 0.5) is 0 Å². The Balaban J connectivity index is 1.77. The number of aliphatic hydroxyl groups is 2. The normalized spacial score (nSPS) is 17.8. The van der Waals surface area contributed by atoms with Gasteiger partial charge in [-0.25, -0.2) is 4.79 Å². The van der Waals surface area contributed by atoms with Crippen LogP contribution in [0.15, 0.2) is 63.3 Å². The minimum absolute atomic E-state index is 0.00555. The first kappa shape index (κ1) is 34.1. The number of para-hydroxylation sites is 1. The van der Waals surface area contributed by atoms with Gasteiger partial charge in [-0.05, 0) is 59.4 Å². The molecule has 3 aromatic rings. The average molecular weight is 733 g/mol. The number of hydrogen-bond donors (Lipinski definition) is 3. The van der Waals surface area contributed by atoms with Gasteiger partial charge in [-0.1, -0.05) is 44.4 Å². The molecule has 0 bridgehead atoms. The number of aldehydes is 1. The lowest BCUT2D eigenvalue weighted by Gasteiger charge is -2.40. The van der Waals surface area contributed by atoms with E-state index in [9.17, 15) is 29.4 Å². The number of benzene rings is 2. The second-order valence-electron chi connectivity index (χ2n) is 10.7. The first-order valence-corrected chi connectivity index (χ1v) is 15.9. The third-order valence-corrected chi connectivity index (χ3v) is 8.44. The summed E-state index contributed by atoms with van der Waals surface area (Å²) in [4.78, 5) is 53.2. The zero-order valence-corrected chi connectivity index (χ0v) is 27.3. The summed E-state index contributed by atoms with van der Waals surface area (Å²) in [6.45, 7) is 2.00. The van der Waals surface area contributed by atoms with E-state index in [1.54, 1.807) is 30.3 Å². The lowest BCUT2D eigenvalue weighted by Crippen LogP contribution is -2.55. The molecule has 1 heterocycles. The lowest BCUT2D eigenvalue weighted by atomic mass is 9.87. The third kappa shape index (κ3) is 8.10. The molecule has 240 valence electrons. The number of rotatable bonds is 14. The van der Waals surface area contributed by atoms with Gasteiger partial charge >= 0.3 is 5.63 Å². The van der Waals surface area contributed by atoms with E-state index >= 15 is 0 Å². The van der Waals surface area contributed by atoms with E-state index in [2.05, 4.69) is 12.2 Å². The van der Waals surface area contributed by atoms with E-state index in [0.717, 1.165) is 19.3 Å². The molecule has 0 aliphatic heterocycles. The topological polar surface area (TPSA) is 156 Å². The van der Waals surface area contributed by atoms with E-state index in [4.69, 9.17) is 13.9 Å². The van der Waals surface area contributed by atoms with Crippen molar-refractivity contribution in [1.29, 1.82) is 0 Å². The maximum absolute atomic E-state index is 14.2. The van der Waals surface area contributed by atoms with E-state index in [1.807, 2.05) is 22.6 Å². The predicted molar refractivity (Wildman–Crippen MR) is 176 cm³/mol. The number of unbranched alkanes of at least 4 members (excludes halogenated alkanes) is 3. The van der Waals surface area contributed by atoms with Gasteiger partial charge in [0.1, 0.15) is 29.6 Å². The second kappa shape index (κ2) is 16.0. The predicted octanol–water partition coefficient (Wildman–Crippen LogP) is 3.86. The quantitative estimate of drug-likeness (QED) is 0.0971. The Morgan fingerprint density at radius 1 is 1.18 bits per heavy atom. The molecule has 1 aromatic heterocycles. The Bertz CT molecular complexity index is 1620. The van der Waals surface area contributed by atoms with Crippen LogP contribution >= 0.6 is 22.6 Å². The van der Waals surface area contributed by atoms with Gasteiger partial charge in [0.15, 0.2) is 11.5 Å². The van der Waals surface area contributed by atoms with E-state index < -0.39 is 35.7 Å². The van der Waals surface area contributed by atoms with Crippen LogP contribution in [0.25, 0.3) is 11.0 Å². The number of hydrogen-bond acceptors (Lipinski definition) is 9. The minimum Gasteiger partial charge on any atom is -0.493 e. The Morgan fingerprint density at radius 3 is 2.67 bits per heavy atom. The SMILES string of the molecule is CCCCCCN(C(=O)c1cc2ccccc2oc1=O)C1CC(C(=O)NCCO)=CC(Oc2c(I)cc(C=O)cc2OC)C1O. The van der Waals surface area contributed by atoms with Crippen LogP contribution < -0.4 is 20.4 Å². The summed E-state index contributed by atoms with van der Waals surface area (Å²) in [5, 5.41) is 24.3. The van der Waals surface area contributed by atoms with Gasteiger partial charge in [-0.3, -0.25) is 14.4 Å². The van der Waals surface area contributed by atoms with Crippen molar-refractivity contribution in [3.63, 3.8) is 0 Å². The molecule has 3 N–H and O–H groups in total. The Kier molecular flexibility index (Phi) is 12.1. The van der Waals surface area contributed by atoms with Crippen molar-refractivity contribution in [3.8, 4) is 11.5 Å². The second-order valence-corrected chi connectivity index (χ2v) is 11.9. The first-order chi connectivity index (χ1) is 21.7. The highest BCUT2D eigenvalue weighted by Gasteiger charge is 2.41. The zero-order chi connectivity index (χ0) is 32.5. The minimum atomic E-state index is -1.33. The molecule has 2 aromatic carbocycles. The summed E-state index contributed by atoms with van der Waals surface area (Å²) >= 11 is 1.99. The number of carbonyl (C=O) groups is 3. The molecule has 0 fully saturated rings. The average Bonchev–Trinajstić information content (AvgIpc) is 3.04. The van der Waals surface area contributed by atoms with E-state index in [1.165, 1.54) is 30.2 Å². The molecule has 3 unspecified atom stereocenters. The first-order valence-electron chi connectivity index (χ1n) is 14.8. The molecule has 4 rings (SSSR count). The van der Waals surface area contributed by atoms with Crippen LogP contribution in [0.2, 0.25) is 0 Å². The van der Waals surface area contributed by atoms with Gasteiger partial charge in [-0.2, -0.15) is 0 Å². The molecule has 12 heteroatoms. The fourth-order valence-corrected chi connectivity index (χ4v) is 6.08. The number of nitrogens with zero attached hydrogens (tertiary/aromatic N) is 1. The summed E-state index contributed by atoms with van der Waals surface area (Å²) in [5.41, 5.74) is -0.0474. The van der Waals surface area contributed by atoms with Crippen LogP contribution in [-0.4, -0.2) is 78.3 Å². The van der Waals surface area contributed by atoms with Crippen molar-refractivity contribution < 1.29 is 38.5 Å². The third-order valence-electron chi connectivity index (χ3n) is 7.64. The highest BCUT2D eigenvalue weighted by Crippen LogP contribution is 2.37. The van der Waals surface area contributed by atoms with Crippen LogP contribution in [0, 0.1) is 3.57 Å². The summed E-state index contributed by atoms with van der Waals surface area (Å²) in [5.74, 6) is -0.625. The van der Waals surface area contributed by atoms with Crippen molar-refractivity contribution >= 4 is 51.7 Å². The van der Waals surface area contributed by atoms with Gasteiger partial charge in [0, 0.05) is 36.0 Å². The van der Waals surface area contributed by atoms with Gasteiger partial charge in [0.25, 0.3) is 5.91 Å². The molecule has 11 nitrogen and oxygen atoms in total. The van der Waals surface area contributed by atoms with Crippen molar-refractivity contribution in [2.75, 3.05) is 26.8 Å². The van der Waals surface area contributed by atoms with Crippen molar-refractivity contribution in [3.05, 3.63) is 79.2 Å². The van der Waals surface area contributed by atoms with Gasteiger partial charge in [-0.15, -0.1) is 0 Å². The zero-order valence-electron chi connectivity index (χ0n) is 25.2. The molecule has 0 saturated carbocycles. The molecule has 0 saturated heterocycles. The Morgan fingerprint density at radius 2 is 1.96 bits per heavy atom. The maximum Gasteiger partial charge on any atom is 0.349 e. The molecule has 45 heavy (non-hydrogen) atoms. The fourth-order valence-electron chi connectivity index (χ4n) is 5.33. The van der Waals surface area contributed by atoms with Crippen LogP contribution in [0.1, 0.15) is 59.7 Å². The maximum atomic E-state index is 14.2. The summed E-state index contributed by atoms with van der Waals surface area (Å²) in [7, 11) is 1.42. The fraction of sp³-hybridized carbons (Fsp3) is 0.394. The highest BCUT2D eigenvalue weighted by molar-refractivity contribution is 14.1. The monoisotopic (exact) mass is 732 g/mol. The number of ether oxygens (including phenoxy) is 2. The number of halogens is 1. The van der Waals surface area contributed by atoms with Crippen LogP contribution in [-0.2, 0) is 4.79 Å². The number of carbonyl (C=O) groups excluding carboxylic acids is 3. The van der Waals surface area contributed by atoms with Gasteiger partial charge in [0.05, 0.1) is 23.3 Å². The van der Waals surface area contributed by atoms with Gasteiger partial charge < -0.3 is 34.3 Å². The molecule has 1 aliphatic rings. The van der Waals surface area contributed by atoms with Crippen LogP contribution in [0.3, 0.4) is 0 Å². The van der Waals surface area contributed by atoms with E-state index in [-0.39, 0.29) is 48.8 Å². The summed E-state index contributed by atoms with van der Waals surface area (Å²) in [6, 6.07) is 10.5. The standard InChI is InChI=1S/C33H37IN2O9/c1-3-4-5-8-12-36(32(41)23-16-21-9-6-7-10-26(21)45-33(23)42)25-17-22(31(40)35-11-13-37)18-27(29(25)39)44-30-24(34)14-20(19-38)15-28(30)43-2/h6-7,9-10,14-16,18-19,25,27,29,37,39H,3-5,8,11-13,17H2,1-2H3,(H,35,40). The molecular formula is C33H37IN2O9. The van der Waals surface area contributed by atoms with Crippen molar-refractivity contribution in [1.82, 2.24) is 10.2 Å². The van der Waals surface area contributed by atoms with Crippen molar-refractivity contribution in [2.45, 2.75) is 57.3 Å².